The minimum atomic E-state index is -1.41. The number of ether oxygens (including phenoxy) is 2. The number of hydrogen-bond acceptors (Lipinski definition) is 6. The van der Waals surface area contributed by atoms with Crippen molar-refractivity contribution in [1.82, 2.24) is 0 Å². The van der Waals surface area contributed by atoms with Gasteiger partial charge in [0.25, 0.3) is 0 Å². The minimum Gasteiger partial charge on any atom is -0.462 e. The van der Waals surface area contributed by atoms with E-state index in [-0.39, 0.29) is 6.42 Å². The summed E-state index contributed by atoms with van der Waals surface area (Å²) < 4.78 is 10.5. The van der Waals surface area contributed by atoms with Gasteiger partial charge in [0.1, 0.15) is 0 Å². The molecule has 0 bridgehead atoms. The predicted molar refractivity (Wildman–Crippen MR) is 96.2 cm³/mol. The van der Waals surface area contributed by atoms with Crippen LogP contribution in [0.5, 0.6) is 0 Å². The van der Waals surface area contributed by atoms with E-state index >= 15 is 0 Å². The summed E-state index contributed by atoms with van der Waals surface area (Å²) in [6.45, 7) is 8.29. The van der Waals surface area contributed by atoms with Crippen molar-refractivity contribution >= 4 is 11.9 Å². The van der Waals surface area contributed by atoms with Gasteiger partial charge in [-0.05, 0) is 33.3 Å². The van der Waals surface area contributed by atoms with Crippen LogP contribution in [-0.4, -0.2) is 35.1 Å². The summed E-state index contributed by atoms with van der Waals surface area (Å²) in [6.07, 6.45) is -0.750. The fourth-order valence-corrected chi connectivity index (χ4v) is 2.85. The van der Waals surface area contributed by atoms with Gasteiger partial charge >= 0.3 is 11.9 Å². The average molecular weight is 365 g/mol. The lowest BCUT2D eigenvalue weighted by Gasteiger charge is -2.27. The molecule has 0 radical (unpaired) electrons. The molecule has 0 heterocycles. The van der Waals surface area contributed by atoms with E-state index in [0.717, 1.165) is 0 Å². The molecular weight excluding hydrogens is 338 g/mol. The average Bonchev–Trinajstić information content (AvgIpc) is 2.53. The molecule has 0 unspecified atom stereocenters. The van der Waals surface area contributed by atoms with Gasteiger partial charge in [-0.2, -0.15) is 0 Å². The molecule has 144 valence electrons. The Hall–Kier alpha value is -2.44. The van der Waals surface area contributed by atoms with Crippen LogP contribution in [0.4, 0.5) is 0 Å². The van der Waals surface area contributed by atoms with Crippen molar-refractivity contribution in [1.29, 1.82) is 0 Å². The summed E-state index contributed by atoms with van der Waals surface area (Å²) >= 11 is 0. The molecule has 1 aromatic rings. The Morgan fingerprint density at radius 3 is 1.81 bits per heavy atom. The Morgan fingerprint density at radius 2 is 1.46 bits per heavy atom. The molecule has 0 amide bonds. The number of nitro groups is 1. The van der Waals surface area contributed by atoms with Gasteiger partial charge in [-0.15, -0.1) is 0 Å². The molecule has 7 heteroatoms. The molecule has 0 aliphatic rings. The third-order valence-corrected chi connectivity index (χ3v) is 3.86. The van der Waals surface area contributed by atoms with Gasteiger partial charge in [0, 0.05) is 11.3 Å². The first-order chi connectivity index (χ1) is 12.2. The van der Waals surface area contributed by atoms with E-state index in [1.807, 2.05) is 0 Å². The highest BCUT2D eigenvalue weighted by atomic mass is 16.6. The highest BCUT2D eigenvalue weighted by molar-refractivity contribution is 5.96. The number of esters is 2. The first-order valence-corrected chi connectivity index (χ1v) is 8.78. The van der Waals surface area contributed by atoms with Crippen molar-refractivity contribution in [2.75, 3.05) is 0 Å². The van der Waals surface area contributed by atoms with Crippen LogP contribution in [0.1, 0.15) is 52.5 Å². The lowest BCUT2D eigenvalue weighted by Crippen LogP contribution is -2.42. The highest BCUT2D eigenvalue weighted by Gasteiger charge is 2.47. The Bertz CT molecular complexity index is 592. The lowest BCUT2D eigenvalue weighted by molar-refractivity contribution is -0.528. The molecule has 0 spiro atoms. The molecule has 0 saturated heterocycles. The van der Waals surface area contributed by atoms with Crippen LogP contribution in [0, 0.1) is 16.0 Å². The normalized spacial score (nSPS) is 13.5. The molecule has 0 saturated carbocycles. The zero-order valence-corrected chi connectivity index (χ0v) is 15.9. The molecule has 2 atom stereocenters. The van der Waals surface area contributed by atoms with Crippen LogP contribution in [0.15, 0.2) is 30.3 Å². The van der Waals surface area contributed by atoms with Crippen molar-refractivity contribution in [3.63, 3.8) is 0 Å². The van der Waals surface area contributed by atoms with Crippen molar-refractivity contribution in [2.24, 2.45) is 5.92 Å². The van der Waals surface area contributed by atoms with Gasteiger partial charge in [-0.25, -0.2) is 0 Å². The largest absolute Gasteiger partial charge is 0.462 e. The summed E-state index contributed by atoms with van der Waals surface area (Å²) in [5.41, 5.74) is 0.530. The Balaban J connectivity index is 3.45. The lowest BCUT2D eigenvalue weighted by atomic mass is 9.79. The number of benzene rings is 1. The van der Waals surface area contributed by atoms with E-state index in [1.54, 1.807) is 65.0 Å². The van der Waals surface area contributed by atoms with Gasteiger partial charge in [-0.1, -0.05) is 37.3 Å². The third-order valence-electron chi connectivity index (χ3n) is 3.86. The second-order valence-electron chi connectivity index (χ2n) is 6.65. The Morgan fingerprint density at radius 1 is 1.00 bits per heavy atom. The van der Waals surface area contributed by atoms with Crippen LogP contribution >= 0.6 is 0 Å². The second-order valence-corrected chi connectivity index (χ2v) is 6.65. The SMILES string of the molecule is CC[C@H]([C@H](c1ccccc1)C(C(=O)OC(C)C)C(=O)OC(C)C)[N+](=O)[O-]. The number of carbonyl (C=O) groups is 2. The van der Waals surface area contributed by atoms with Gasteiger partial charge in [0.05, 0.1) is 18.1 Å². The van der Waals surface area contributed by atoms with E-state index in [9.17, 15) is 19.7 Å². The third kappa shape index (κ3) is 5.82. The van der Waals surface area contributed by atoms with Crippen LogP contribution in [0.2, 0.25) is 0 Å². The first-order valence-electron chi connectivity index (χ1n) is 8.78. The molecular formula is C19H27NO6. The van der Waals surface area contributed by atoms with Gasteiger partial charge in [0.2, 0.25) is 6.04 Å². The zero-order chi connectivity index (χ0) is 19.9. The molecule has 0 N–H and O–H groups in total. The van der Waals surface area contributed by atoms with Crippen LogP contribution in [0.3, 0.4) is 0 Å². The molecule has 7 nitrogen and oxygen atoms in total. The topological polar surface area (TPSA) is 95.7 Å². The summed E-state index contributed by atoms with van der Waals surface area (Å²) in [7, 11) is 0. The maximum Gasteiger partial charge on any atom is 0.321 e. The summed E-state index contributed by atoms with van der Waals surface area (Å²) in [5.74, 6) is -3.99. The molecule has 1 aromatic carbocycles. The molecule has 0 fully saturated rings. The standard InChI is InChI=1S/C19H27NO6/c1-6-15(20(23)24)16(14-10-8-7-9-11-14)17(18(21)25-12(2)3)19(22)26-13(4)5/h7-13,15-17H,6H2,1-5H3/t15-,16+/m1/s1. The first kappa shape index (κ1) is 21.6. The van der Waals surface area contributed by atoms with Crippen molar-refractivity contribution in [2.45, 2.75) is 65.2 Å². The molecule has 0 aliphatic carbocycles. The quantitative estimate of drug-likeness (QED) is 0.288. The van der Waals surface area contributed by atoms with E-state index in [4.69, 9.17) is 9.47 Å². The summed E-state index contributed by atoms with van der Waals surface area (Å²) in [6, 6.07) is 7.43. The van der Waals surface area contributed by atoms with Gasteiger partial charge in [-0.3, -0.25) is 19.7 Å². The van der Waals surface area contributed by atoms with E-state index in [1.165, 1.54) is 0 Å². The minimum absolute atomic E-state index is 0.160. The summed E-state index contributed by atoms with van der Waals surface area (Å²) in [5, 5.41) is 11.6. The number of nitrogens with zero attached hydrogens (tertiary/aromatic N) is 1. The van der Waals surface area contributed by atoms with Crippen LogP contribution in [0.25, 0.3) is 0 Å². The van der Waals surface area contributed by atoms with Crippen LogP contribution < -0.4 is 0 Å². The van der Waals surface area contributed by atoms with E-state index in [0.29, 0.717) is 5.56 Å². The maximum absolute atomic E-state index is 12.7. The fourth-order valence-electron chi connectivity index (χ4n) is 2.85. The smallest absolute Gasteiger partial charge is 0.321 e. The summed E-state index contributed by atoms with van der Waals surface area (Å²) in [4.78, 5) is 36.6. The highest BCUT2D eigenvalue weighted by Crippen LogP contribution is 2.34. The van der Waals surface area contributed by atoms with Gasteiger partial charge < -0.3 is 9.47 Å². The van der Waals surface area contributed by atoms with Crippen molar-refractivity contribution in [3.05, 3.63) is 46.0 Å². The molecule has 0 aromatic heterocycles. The second kappa shape index (κ2) is 9.89. The number of hydrogen-bond donors (Lipinski definition) is 0. The van der Waals surface area contributed by atoms with E-state index in [2.05, 4.69) is 0 Å². The molecule has 26 heavy (non-hydrogen) atoms. The predicted octanol–water partition coefficient (Wildman–Crippen LogP) is 3.34. The van der Waals surface area contributed by atoms with Gasteiger partial charge in [0.15, 0.2) is 5.92 Å². The Kier molecular flexibility index (Phi) is 8.22. The molecule has 1 rings (SSSR count). The van der Waals surface area contributed by atoms with Crippen LogP contribution in [-0.2, 0) is 19.1 Å². The monoisotopic (exact) mass is 365 g/mol. The fraction of sp³-hybridized carbons (Fsp3) is 0.579. The maximum atomic E-state index is 12.7. The zero-order valence-electron chi connectivity index (χ0n) is 15.9. The number of rotatable bonds is 9. The molecule has 0 aliphatic heterocycles. The van der Waals surface area contributed by atoms with Crippen molar-refractivity contribution < 1.29 is 24.0 Å². The number of carbonyl (C=O) groups excluding carboxylic acids is 2. The Labute approximate surface area is 153 Å². The van der Waals surface area contributed by atoms with Crippen molar-refractivity contribution in [3.8, 4) is 0 Å². The van der Waals surface area contributed by atoms with E-state index < -0.39 is 46.9 Å².